The Morgan fingerprint density at radius 3 is 2.30 bits per heavy atom. The van der Waals surface area contributed by atoms with Crippen LogP contribution in [0.25, 0.3) is 0 Å². The third-order valence-electron chi connectivity index (χ3n) is 1.11. The number of methoxy groups -OCH3 is 1. The number of hydrogen-bond donors (Lipinski definition) is 0. The number of likely N-dealkylation sites (N-methyl/N-ethyl adjacent to an activating group) is 1. The molecule has 0 aromatic rings. The van der Waals surface area contributed by atoms with Gasteiger partial charge in [-0.05, 0) is 14.1 Å². The van der Waals surface area contributed by atoms with Gasteiger partial charge in [0.1, 0.15) is 0 Å². The summed E-state index contributed by atoms with van der Waals surface area (Å²) < 4.78 is 10.0. The van der Waals surface area contributed by atoms with Crippen molar-refractivity contribution in [1.29, 1.82) is 0 Å². The van der Waals surface area contributed by atoms with Gasteiger partial charge in [-0.15, -0.1) is 0 Å². The zero-order valence-electron chi connectivity index (χ0n) is 7.09. The first-order valence-corrected chi connectivity index (χ1v) is 3.48. The van der Waals surface area contributed by atoms with Gasteiger partial charge < -0.3 is 14.4 Å². The normalized spacial score (nSPS) is 10.8. The van der Waals surface area contributed by atoms with Crippen LogP contribution in [0.4, 0.5) is 0 Å². The molecule has 0 N–H and O–H groups in total. The lowest BCUT2D eigenvalue weighted by molar-refractivity contribution is 0.0633. The topological polar surface area (TPSA) is 21.7 Å². The molecule has 0 aliphatic heterocycles. The molecule has 62 valence electrons. The lowest BCUT2D eigenvalue weighted by Crippen LogP contribution is -2.18. The Labute approximate surface area is 62.9 Å². The monoisotopic (exact) mass is 147 g/mol. The van der Waals surface area contributed by atoms with E-state index in [2.05, 4.69) is 4.90 Å². The van der Waals surface area contributed by atoms with Crippen molar-refractivity contribution in [2.75, 3.05) is 47.6 Å². The van der Waals surface area contributed by atoms with Gasteiger partial charge >= 0.3 is 0 Å². The minimum Gasteiger partial charge on any atom is -0.382 e. The molecule has 0 amide bonds. The Kier molecular flexibility index (Phi) is 6.91. The van der Waals surface area contributed by atoms with E-state index in [1.165, 1.54) is 0 Å². The fourth-order valence-electron chi connectivity index (χ4n) is 0.491. The van der Waals surface area contributed by atoms with Gasteiger partial charge in [0.05, 0.1) is 19.8 Å². The average molecular weight is 147 g/mol. The standard InChI is InChI=1S/C7H17NO2/c1-8(2)4-5-10-7-6-9-3/h4-7H2,1-3H3. The fourth-order valence-corrected chi connectivity index (χ4v) is 0.491. The second-order valence-electron chi connectivity index (χ2n) is 2.41. The van der Waals surface area contributed by atoms with E-state index in [0.717, 1.165) is 13.2 Å². The van der Waals surface area contributed by atoms with Crippen LogP contribution in [0.3, 0.4) is 0 Å². The van der Waals surface area contributed by atoms with Crippen LogP contribution in [-0.4, -0.2) is 52.5 Å². The summed E-state index contributed by atoms with van der Waals surface area (Å²) in [4.78, 5) is 2.09. The van der Waals surface area contributed by atoms with Crippen molar-refractivity contribution in [1.82, 2.24) is 4.90 Å². The van der Waals surface area contributed by atoms with Gasteiger partial charge in [0.2, 0.25) is 0 Å². The first-order valence-electron chi connectivity index (χ1n) is 3.48. The summed E-state index contributed by atoms with van der Waals surface area (Å²) in [5.74, 6) is 0. The second kappa shape index (κ2) is 6.99. The summed E-state index contributed by atoms with van der Waals surface area (Å²) in [5.41, 5.74) is 0. The highest BCUT2D eigenvalue weighted by Gasteiger charge is 1.89. The van der Waals surface area contributed by atoms with E-state index < -0.39 is 0 Å². The van der Waals surface area contributed by atoms with Crippen molar-refractivity contribution in [2.24, 2.45) is 0 Å². The predicted octanol–water partition coefficient (Wildman–Crippen LogP) is 0.211. The van der Waals surface area contributed by atoms with Gasteiger partial charge in [0, 0.05) is 13.7 Å². The highest BCUT2D eigenvalue weighted by Crippen LogP contribution is 1.78. The molecule has 0 rings (SSSR count). The molecule has 3 nitrogen and oxygen atoms in total. The van der Waals surface area contributed by atoms with Crippen molar-refractivity contribution >= 4 is 0 Å². The maximum atomic E-state index is 5.22. The molecular weight excluding hydrogens is 130 g/mol. The highest BCUT2D eigenvalue weighted by molar-refractivity contribution is 4.39. The summed E-state index contributed by atoms with van der Waals surface area (Å²) in [6.07, 6.45) is 0. The fraction of sp³-hybridized carbons (Fsp3) is 1.00. The zero-order chi connectivity index (χ0) is 7.82. The lowest BCUT2D eigenvalue weighted by atomic mass is 10.6. The minimum absolute atomic E-state index is 0.688. The molecular formula is C7H17NO2. The first-order chi connectivity index (χ1) is 4.77. The van der Waals surface area contributed by atoms with Gasteiger partial charge in [-0.3, -0.25) is 0 Å². The molecule has 0 saturated carbocycles. The summed E-state index contributed by atoms with van der Waals surface area (Å²) in [5, 5.41) is 0. The second-order valence-corrected chi connectivity index (χ2v) is 2.41. The molecule has 0 unspecified atom stereocenters. The SMILES string of the molecule is COCCOCCN(C)C. The van der Waals surface area contributed by atoms with E-state index in [1.54, 1.807) is 7.11 Å². The molecule has 0 atom stereocenters. The molecule has 0 spiro atoms. The maximum Gasteiger partial charge on any atom is 0.0700 e. The van der Waals surface area contributed by atoms with Crippen molar-refractivity contribution in [3.63, 3.8) is 0 Å². The van der Waals surface area contributed by atoms with Crippen LogP contribution >= 0.6 is 0 Å². The summed E-state index contributed by atoms with van der Waals surface area (Å²) in [6, 6.07) is 0. The molecule has 0 heterocycles. The Morgan fingerprint density at radius 2 is 1.80 bits per heavy atom. The van der Waals surface area contributed by atoms with Crippen molar-refractivity contribution in [3.05, 3.63) is 0 Å². The Bertz CT molecular complexity index is 66.6. The van der Waals surface area contributed by atoms with E-state index in [-0.39, 0.29) is 0 Å². The summed E-state index contributed by atoms with van der Waals surface area (Å²) in [7, 11) is 5.73. The van der Waals surface area contributed by atoms with E-state index in [9.17, 15) is 0 Å². The largest absolute Gasteiger partial charge is 0.382 e. The molecule has 0 bridgehead atoms. The molecule has 0 aliphatic rings. The molecule has 0 aliphatic carbocycles. The van der Waals surface area contributed by atoms with Crippen molar-refractivity contribution < 1.29 is 9.47 Å². The van der Waals surface area contributed by atoms with Crippen molar-refractivity contribution in [3.8, 4) is 0 Å². The molecule has 0 saturated heterocycles. The Morgan fingerprint density at radius 1 is 1.10 bits per heavy atom. The Hall–Kier alpha value is -0.120. The molecule has 0 aromatic carbocycles. The van der Waals surface area contributed by atoms with Crippen LogP contribution in [0.1, 0.15) is 0 Å². The third kappa shape index (κ3) is 7.88. The third-order valence-corrected chi connectivity index (χ3v) is 1.11. The van der Waals surface area contributed by atoms with E-state index in [1.807, 2.05) is 14.1 Å². The van der Waals surface area contributed by atoms with Crippen molar-refractivity contribution in [2.45, 2.75) is 0 Å². The number of rotatable bonds is 6. The van der Waals surface area contributed by atoms with Crippen LogP contribution in [0.15, 0.2) is 0 Å². The smallest absolute Gasteiger partial charge is 0.0700 e. The van der Waals surface area contributed by atoms with Crippen LogP contribution in [0.5, 0.6) is 0 Å². The number of nitrogens with zero attached hydrogens (tertiary/aromatic N) is 1. The number of hydrogen-bond acceptors (Lipinski definition) is 3. The molecule has 0 aromatic heterocycles. The van der Waals surface area contributed by atoms with Gasteiger partial charge in [-0.2, -0.15) is 0 Å². The van der Waals surface area contributed by atoms with E-state index >= 15 is 0 Å². The molecule has 0 radical (unpaired) electrons. The van der Waals surface area contributed by atoms with Crippen LogP contribution in [-0.2, 0) is 9.47 Å². The van der Waals surface area contributed by atoms with Gasteiger partial charge in [0.25, 0.3) is 0 Å². The molecule has 3 heteroatoms. The van der Waals surface area contributed by atoms with Crippen LogP contribution in [0.2, 0.25) is 0 Å². The minimum atomic E-state index is 0.688. The zero-order valence-corrected chi connectivity index (χ0v) is 7.09. The van der Waals surface area contributed by atoms with Gasteiger partial charge in [-0.1, -0.05) is 0 Å². The van der Waals surface area contributed by atoms with Crippen LogP contribution < -0.4 is 0 Å². The van der Waals surface area contributed by atoms with E-state index in [4.69, 9.17) is 9.47 Å². The van der Waals surface area contributed by atoms with Gasteiger partial charge in [-0.25, -0.2) is 0 Å². The Balaban J connectivity index is 2.77. The highest BCUT2D eigenvalue weighted by atomic mass is 16.5. The maximum absolute atomic E-state index is 5.22. The quantitative estimate of drug-likeness (QED) is 0.501. The first kappa shape index (κ1) is 9.88. The van der Waals surface area contributed by atoms with Gasteiger partial charge in [0.15, 0.2) is 0 Å². The predicted molar refractivity (Wildman–Crippen MR) is 41.2 cm³/mol. The summed E-state index contributed by atoms with van der Waals surface area (Å²) in [6.45, 7) is 3.15. The number of ether oxygens (including phenoxy) is 2. The lowest BCUT2D eigenvalue weighted by Gasteiger charge is -2.08. The average Bonchev–Trinajstić information content (AvgIpc) is 1.87. The summed E-state index contributed by atoms with van der Waals surface area (Å²) >= 11 is 0. The molecule has 0 fully saturated rings. The van der Waals surface area contributed by atoms with Crippen LogP contribution in [0, 0.1) is 0 Å². The molecule has 10 heavy (non-hydrogen) atoms. The van der Waals surface area contributed by atoms with E-state index in [0.29, 0.717) is 13.2 Å².